The van der Waals surface area contributed by atoms with E-state index in [1.165, 1.54) is 10.5 Å². The number of carbonyl (C=O) groups excluding carboxylic acids is 2. The number of amides is 2. The fourth-order valence-corrected chi connectivity index (χ4v) is 5.26. The summed E-state index contributed by atoms with van der Waals surface area (Å²) < 4.78 is 0. The molecule has 0 saturated carbocycles. The molecule has 0 aliphatic carbocycles. The Bertz CT molecular complexity index is 1170. The third-order valence-corrected chi connectivity index (χ3v) is 6.98. The normalized spacial score (nSPS) is 23.3. The number of H-pyrrole nitrogens is 1. The van der Waals surface area contributed by atoms with Crippen molar-refractivity contribution in [1.82, 2.24) is 14.8 Å². The second kappa shape index (κ2) is 7.24. The van der Waals surface area contributed by atoms with Crippen molar-refractivity contribution < 1.29 is 14.7 Å². The molecule has 2 atom stereocenters. The average molecular weight is 418 g/mol. The van der Waals surface area contributed by atoms with Gasteiger partial charge in [-0.25, -0.2) is 0 Å². The number of aromatic nitrogens is 1. The standard InChI is InChI=1S/C25H27N3O3/c1-3-16-8-10-17(11-9-16)19-14-28-21(30)15-27(12-13-29)24(31)25(28,2)23-22(19)18-6-4-5-7-20(18)26-23/h4-11,19,26,29H,3,12-15H2,1-2H3/t19-,25-/m0/s1. The first kappa shape index (κ1) is 19.8. The molecular formula is C25H27N3O3. The molecule has 31 heavy (non-hydrogen) atoms. The molecule has 6 nitrogen and oxygen atoms in total. The van der Waals surface area contributed by atoms with Gasteiger partial charge in [0.05, 0.1) is 18.8 Å². The van der Waals surface area contributed by atoms with E-state index in [0.717, 1.165) is 34.1 Å². The van der Waals surface area contributed by atoms with Gasteiger partial charge in [0.25, 0.3) is 5.91 Å². The third-order valence-electron chi connectivity index (χ3n) is 6.98. The molecule has 2 aliphatic rings. The summed E-state index contributed by atoms with van der Waals surface area (Å²) in [5.74, 6) is -0.255. The number of aliphatic hydroxyl groups excluding tert-OH is 1. The predicted octanol–water partition coefficient (Wildman–Crippen LogP) is 2.75. The molecule has 6 heteroatoms. The minimum Gasteiger partial charge on any atom is -0.395 e. The smallest absolute Gasteiger partial charge is 0.255 e. The van der Waals surface area contributed by atoms with Gasteiger partial charge in [-0.2, -0.15) is 0 Å². The van der Waals surface area contributed by atoms with Gasteiger partial charge < -0.3 is 19.9 Å². The molecule has 3 heterocycles. The lowest BCUT2D eigenvalue weighted by molar-refractivity contribution is -0.166. The number of rotatable bonds is 4. The van der Waals surface area contributed by atoms with Crippen molar-refractivity contribution in [1.29, 1.82) is 0 Å². The van der Waals surface area contributed by atoms with Gasteiger partial charge in [-0.05, 0) is 36.1 Å². The van der Waals surface area contributed by atoms with E-state index in [-0.39, 0.29) is 37.4 Å². The molecule has 2 aliphatic heterocycles. The second-order valence-electron chi connectivity index (χ2n) is 8.63. The molecule has 0 bridgehead atoms. The van der Waals surface area contributed by atoms with Gasteiger partial charge in [0, 0.05) is 29.9 Å². The lowest BCUT2D eigenvalue weighted by Crippen LogP contribution is -2.67. The zero-order valence-corrected chi connectivity index (χ0v) is 17.9. The van der Waals surface area contributed by atoms with E-state index in [1.807, 2.05) is 25.1 Å². The van der Waals surface area contributed by atoms with E-state index >= 15 is 0 Å². The zero-order valence-electron chi connectivity index (χ0n) is 17.9. The van der Waals surface area contributed by atoms with Crippen molar-refractivity contribution in [2.75, 3.05) is 26.2 Å². The first-order valence-corrected chi connectivity index (χ1v) is 10.9. The summed E-state index contributed by atoms with van der Waals surface area (Å²) in [4.78, 5) is 33.5. The molecule has 3 aromatic rings. The number of aliphatic hydroxyl groups is 1. The van der Waals surface area contributed by atoms with E-state index in [2.05, 4.69) is 42.2 Å². The van der Waals surface area contributed by atoms with Crippen molar-refractivity contribution in [3.8, 4) is 0 Å². The number of β-amino-alcohol motifs (C(OH)–C–C–N with tert-alkyl or cyclic N) is 1. The van der Waals surface area contributed by atoms with Gasteiger partial charge in [-0.3, -0.25) is 9.59 Å². The maximum atomic E-state index is 13.6. The fourth-order valence-electron chi connectivity index (χ4n) is 5.26. The van der Waals surface area contributed by atoms with Gasteiger partial charge in [-0.15, -0.1) is 0 Å². The van der Waals surface area contributed by atoms with Crippen LogP contribution in [0.2, 0.25) is 0 Å². The summed E-state index contributed by atoms with van der Waals surface area (Å²) in [6.45, 7) is 4.42. The van der Waals surface area contributed by atoms with Crippen LogP contribution in [0.5, 0.6) is 0 Å². The van der Waals surface area contributed by atoms with Gasteiger partial charge in [0.1, 0.15) is 0 Å². The summed E-state index contributed by atoms with van der Waals surface area (Å²) in [7, 11) is 0. The Morgan fingerprint density at radius 3 is 2.58 bits per heavy atom. The Hall–Kier alpha value is -3.12. The summed E-state index contributed by atoms with van der Waals surface area (Å²) >= 11 is 0. The SMILES string of the molecule is CCc1ccc([C@@H]2CN3C(=O)CN(CCO)C(=O)[C@]3(C)c3[nH]c4ccccc4c32)cc1. The van der Waals surface area contributed by atoms with Crippen LogP contribution >= 0.6 is 0 Å². The predicted molar refractivity (Wildman–Crippen MR) is 119 cm³/mol. The van der Waals surface area contributed by atoms with Crippen molar-refractivity contribution in [2.24, 2.45) is 0 Å². The van der Waals surface area contributed by atoms with E-state index in [0.29, 0.717) is 6.54 Å². The Balaban J connectivity index is 1.73. The lowest BCUT2D eigenvalue weighted by atomic mass is 9.76. The van der Waals surface area contributed by atoms with Crippen molar-refractivity contribution in [3.63, 3.8) is 0 Å². The highest BCUT2D eigenvalue weighted by Crippen LogP contribution is 2.48. The highest BCUT2D eigenvalue weighted by Gasteiger charge is 2.56. The number of nitrogens with one attached hydrogen (secondary N) is 1. The van der Waals surface area contributed by atoms with Crippen molar-refractivity contribution in [2.45, 2.75) is 31.7 Å². The van der Waals surface area contributed by atoms with Crippen molar-refractivity contribution >= 4 is 22.7 Å². The fraction of sp³-hybridized carbons (Fsp3) is 0.360. The highest BCUT2D eigenvalue weighted by molar-refractivity contribution is 6.01. The summed E-state index contributed by atoms with van der Waals surface area (Å²) in [5.41, 5.74) is 4.13. The molecule has 2 N–H and O–H groups in total. The highest BCUT2D eigenvalue weighted by atomic mass is 16.3. The van der Waals surface area contributed by atoms with Crippen LogP contribution in [0.1, 0.15) is 42.1 Å². The zero-order chi connectivity index (χ0) is 21.8. The average Bonchev–Trinajstić information content (AvgIpc) is 3.18. The molecule has 1 fully saturated rings. The lowest BCUT2D eigenvalue weighted by Gasteiger charge is -2.51. The Labute approximate surface area is 181 Å². The largest absolute Gasteiger partial charge is 0.395 e. The monoisotopic (exact) mass is 417 g/mol. The van der Waals surface area contributed by atoms with Crippen LogP contribution in [0.25, 0.3) is 10.9 Å². The number of aromatic amines is 1. The number of benzene rings is 2. The molecule has 2 aromatic carbocycles. The van der Waals surface area contributed by atoms with Crippen LogP contribution in [0.15, 0.2) is 48.5 Å². The van der Waals surface area contributed by atoms with Crippen LogP contribution in [-0.2, 0) is 21.5 Å². The Kier molecular flexibility index (Phi) is 4.63. The maximum absolute atomic E-state index is 13.6. The van der Waals surface area contributed by atoms with Crippen LogP contribution in [0.4, 0.5) is 0 Å². The molecule has 0 radical (unpaired) electrons. The minimum atomic E-state index is -1.11. The number of hydrogen-bond donors (Lipinski definition) is 2. The first-order chi connectivity index (χ1) is 15.0. The summed E-state index contributed by atoms with van der Waals surface area (Å²) in [6, 6.07) is 16.7. The third kappa shape index (κ3) is 2.82. The topological polar surface area (TPSA) is 76.6 Å². The molecule has 0 spiro atoms. The molecular weight excluding hydrogens is 390 g/mol. The van der Waals surface area contributed by atoms with Crippen LogP contribution < -0.4 is 0 Å². The number of piperazine rings is 1. The minimum absolute atomic E-state index is 0.00599. The van der Waals surface area contributed by atoms with E-state index in [9.17, 15) is 14.7 Å². The molecule has 2 amide bonds. The first-order valence-electron chi connectivity index (χ1n) is 10.9. The number of nitrogens with zero attached hydrogens (tertiary/aromatic N) is 2. The number of fused-ring (bicyclic) bond motifs is 5. The second-order valence-corrected chi connectivity index (χ2v) is 8.63. The maximum Gasteiger partial charge on any atom is 0.255 e. The van der Waals surface area contributed by atoms with Gasteiger partial charge in [0.2, 0.25) is 5.91 Å². The van der Waals surface area contributed by atoms with E-state index in [4.69, 9.17) is 0 Å². The van der Waals surface area contributed by atoms with E-state index < -0.39 is 5.54 Å². The van der Waals surface area contributed by atoms with Crippen LogP contribution in [0, 0.1) is 0 Å². The number of para-hydroxylation sites is 1. The Morgan fingerprint density at radius 2 is 1.87 bits per heavy atom. The molecule has 1 saturated heterocycles. The van der Waals surface area contributed by atoms with Crippen LogP contribution in [-0.4, -0.2) is 57.9 Å². The number of carbonyl (C=O) groups is 2. The number of hydrogen-bond acceptors (Lipinski definition) is 3. The molecule has 160 valence electrons. The number of aryl methyl sites for hydroxylation is 1. The summed E-state index contributed by atoms with van der Waals surface area (Å²) in [6.07, 6.45) is 0.973. The Morgan fingerprint density at radius 1 is 1.13 bits per heavy atom. The quantitative estimate of drug-likeness (QED) is 0.685. The molecule has 5 rings (SSSR count). The van der Waals surface area contributed by atoms with Crippen LogP contribution in [0.3, 0.4) is 0 Å². The summed E-state index contributed by atoms with van der Waals surface area (Å²) in [5, 5.41) is 10.5. The van der Waals surface area contributed by atoms with Gasteiger partial charge >= 0.3 is 0 Å². The molecule has 0 unspecified atom stereocenters. The van der Waals surface area contributed by atoms with Gasteiger partial charge in [0.15, 0.2) is 5.54 Å². The molecule has 1 aromatic heterocycles. The van der Waals surface area contributed by atoms with E-state index in [1.54, 1.807) is 4.90 Å². The van der Waals surface area contributed by atoms with Gasteiger partial charge in [-0.1, -0.05) is 49.4 Å². The van der Waals surface area contributed by atoms with Crippen molar-refractivity contribution in [3.05, 3.63) is 70.9 Å².